The Hall–Kier alpha value is -1.66. The van der Waals surface area contributed by atoms with E-state index in [-0.39, 0.29) is 18.9 Å². The number of thiophene rings is 1. The van der Waals surface area contributed by atoms with E-state index in [1.54, 1.807) is 11.3 Å². The van der Waals surface area contributed by atoms with Crippen LogP contribution in [0, 0.1) is 0 Å². The van der Waals surface area contributed by atoms with Crippen molar-refractivity contribution in [1.29, 1.82) is 0 Å². The average molecular weight is 496 g/mol. The third kappa shape index (κ3) is 6.42. The number of hydrogen-bond acceptors (Lipinski definition) is 5. The topological polar surface area (TPSA) is 78.5 Å². The lowest BCUT2D eigenvalue weighted by atomic mass is 10.1. The monoisotopic (exact) mass is 495 g/mol. The van der Waals surface area contributed by atoms with Gasteiger partial charge >= 0.3 is 6.18 Å². The van der Waals surface area contributed by atoms with Gasteiger partial charge in [-0.1, -0.05) is 11.6 Å². The van der Waals surface area contributed by atoms with E-state index in [0.717, 1.165) is 31.6 Å². The van der Waals surface area contributed by atoms with Crippen molar-refractivity contribution >= 4 is 38.9 Å². The molecule has 170 valence electrons. The van der Waals surface area contributed by atoms with Gasteiger partial charge in [0.05, 0.1) is 15.5 Å². The van der Waals surface area contributed by atoms with Gasteiger partial charge in [-0.2, -0.15) is 13.2 Å². The number of carbonyl (C=O) groups excluding carboxylic acids is 1. The van der Waals surface area contributed by atoms with Crippen LogP contribution in [0.1, 0.15) is 22.4 Å². The van der Waals surface area contributed by atoms with Crippen LogP contribution in [0.4, 0.5) is 13.2 Å². The predicted molar refractivity (Wildman–Crippen MR) is 113 cm³/mol. The molecule has 2 N–H and O–H groups in total. The number of rotatable bonds is 8. The normalized spacial score (nSPS) is 15.0. The smallest absolute Gasteiger partial charge is 0.355 e. The summed E-state index contributed by atoms with van der Waals surface area (Å²) in [5, 5.41) is 4.22. The van der Waals surface area contributed by atoms with Crippen LogP contribution < -0.4 is 10.0 Å². The number of fused-ring (bicyclic) bond motifs is 1. The Morgan fingerprint density at radius 3 is 2.74 bits per heavy atom. The molecule has 0 spiro atoms. The largest absolute Gasteiger partial charge is 0.417 e. The van der Waals surface area contributed by atoms with Crippen LogP contribution in [0.3, 0.4) is 0 Å². The second-order valence-electron chi connectivity index (χ2n) is 7.03. The van der Waals surface area contributed by atoms with E-state index in [1.807, 2.05) is 0 Å². The van der Waals surface area contributed by atoms with Gasteiger partial charge in [0.15, 0.2) is 0 Å². The van der Waals surface area contributed by atoms with E-state index in [9.17, 15) is 26.4 Å². The molecule has 0 unspecified atom stereocenters. The number of amides is 1. The molecule has 0 fully saturated rings. The quantitative estimate of drug-likeness (QED) is 0.589. The van der Waals surface area contributed by atoms with E-state index < -0.39 is 31.7 Å². The molecule has 2 heterocycles. The molecule has 0 bridgehead atoms. The Labute approximate surface area is 187 Å². The maximum Gasteiger partial charge on any atom is 0.417 e. The van der Waals surface area contributed by atoms with Crippen molar-refractivity contribution in [2.45, 2.75) is 30.5 Å². The maximum absolute atomic E-state index is 12.9. The number of alkyl halides is 3. The van der Waals surface area contributed by atoms with Crippen LogP contribution in [-0.4, -0.2) is 45.4 Å². The SMILES string of the molecule is O=C(CCNS(=O)(=O)c1ccc(Cl)c(C(F)(F)F)c1)NCCN1CCc2sccc2C1. The van der Waals surface area contributed by atoms with Gasteiger partial charge in [0.2, 0.25) is 15.9 Å². The molecule has 0 radical (unpaired) electrons. The number of hydrogen-bond donors (Lipinski definition) is 2. The Bertz CT molecular complexity index is 1040. The third-order valence-corrected chi connectivity index (χ3v) is 7.65. The van der Waals surface area contributed by atoms with Gasteiger partial charge in [-0.15, -0.1) is 11.3 Å². The van der Waals surface area contributed by atoms with Crippen molar-refractivity contribution in [3.05, 3.63) is 50.7 Å². The van der Waals surface area contributed by atoms with Crippen molar-refractivity contribution in [2.75, 3.05) is 26.2 Å². The van der Waals surface area contributed by atoms with Gasteiger partial charge in [0.1, 0.15) is 0 Å². The van der Waals surface area contributed by atoms with Crippen LogP contribution in [-0.2, 0) is 34.0 Å². The van der Waals surface area contributed by atoms with E-state index in [2.05, 4.69) is 26.4 Å². The van der Waals surface area contributed by atoms with Gasteiger partial charge in [-0.3, -0.25) is 9.69 Å². The zero-order valence-electron chi connectivity index (χ0n) is 16.3. The van der Waals surface area contributed by atoms with Crippen LogP contribution in [0.2, 0.25) is 5.02 Å². The highest BCUT2D eigenvalue weighted by Gasteiger charge is 2.34. The summed E-state index contributed by atoms with van der Waals surface area (Å²) < 4.78 is 65.4. The summed E-state index contributed by atoms with van der Waals surface area (Å²) in [5.74, 6) is -0.344. The molecule has 1 aromatic heterocycles. The number of nitrogens with zero attached hydrogens (tertiary/aromatic N) is 1. The molecule has 0 saturated heterocycles. The molecule has 1 aliphatic rings. The fourth-order valence-corrected chi connectivity index (χ4v) is 5.38. The number of sulfonamides is 1. The molecule has 3 rings (SSSR count). The fraction of sp³-hybridized carbons (Fsp3) is 0.421. The zero-order valence-corrected chi connectivity index (χ0v) is 18.7. The first-order valence-corrected chi connectivity index (χ1v) is 12.2. The van der Waals surface area contributed by atoms with E-state index in [1.165, 1.54) is 10.4 Å². The third-order valence-electron chi connectivity index (χ3n) is 4.83. The maximum atomic E-state index is 12.9. The predicted octanol–water partition coefficient (Wildman–Crippen LogP) is 3.26. The van der Waals surface area contributed by atoms with Crippen molar-refractivity contribution in [3.63, 3.8) is 0 Å². The number of nitrogens with one attached hydrogen (secondary N) is 2. The molecule has 1 amide bonds. The Balaban J connectivity index is 1.43. The van der Waals surface area contributed by atoms with Crippen LogP contribution >= 0.6 is 22.9 Å². The van der Waals surface area contributed by atoms with Crippen molar-refractivity contribution in [2.24, 2.45) is 0 Å². The first-order chi connectivity index (χ1) is 14.6. The molecule has 1 aromatic carbocycles. The number of halogens is 4. The summed E-state index contributed by atoms with van der Waals surface area (Å²) >= 11 is 7.26. The minimum absolute atomic E-state index is 0.131. The summed E-state index contributed by atoms with van der Waals surface area (Å²) in [7, 11) is -4.21. The molecule has 6 nitrogen and oxygen atoms in total. The standard InChI is InChI=1S/C19H21ClF3N3O3S2/c20-16-2-1-14(11-15(16)19(21,22)23)31(28,29)25-6-3-18(27)24-7-9-26-8-4-17-13(12-26)5-10-30-17/h1-2,5,10-11,25H,3-4,6-9,12H2,(H,24,27). The van der Waals surface area contributed by atoms with Crippen molar-refractivity contribution < 1.29 is 26.4 Å². The zero-order chi connectivity index (χ0) is 22.6. The minimum Gasteiger partial charge on any atom is -0.355 e. The fourth-order valence-electron chi connectivity index (χ4n) is 3.21. The van der Waals surface area contributed by atoms with E-state index in [4.69, 9.17) is 11.6 Å². The molecule has 0 aliphatic carbocycles. The van der Waals surface area contributed by atoms with Gasteiger partial charge in [-0.05, 0) is 41.6 Å². The Kier molecular flexibility index (Phi) is 7.63. The lowest BCUT2D eigenvalue weighted by molar-refractivity contribution is -0.137. The highest BCUT2D eigenvalue weighted by Crippen LogP contribution is 2.35. The lowest BCUT2D eigenvalue weighted by Gasteiger charge is -2.26. The van der Waals surface area contributed by atoms with Gasteiger partial charge in [0.25, 0.3) is 0 Å². The molecule has 12 heteroatoms. The second-order valence-corrected chi connectivity index (χ2v) is 10.2. The molecule has 0 saturated carbocycles. The summed E-state index contributed by atoms with van der Waals surface area (Å²) in [4.78, 5) is 15.0. The molecule has 2 aromatic rings. The Morgan fingerprint density at radius 2 is 2.00 bits per heavy atom. The van der Waals surface area contributed by atoms with Crippen molar-refractivity contribution in [1.82, 2.24) is 14.9 Å². The minimum atomic E-state index is -4.78. The van der Waals surface area contributed by atoms with Crippen LogP contribution in [0.5, 0.6) is 0 Å². The summed E-state index contributed by atoms with van der Waals surface area (Å²) in [6, 6.07) is 4.44. The molecule has 1 aliphatic heterocycles. The highest BCUT2D eigenvalue weighted by atomic mass is 35.5. The van der Waals surface area contributed by atoms with Gasteiger partial charge in [0, 0.05) is 44.0 Å². The van der Waals surface area contributed by atoms with E-state index >= 15 is 0 Å². The summed E-state index contributed by atoms with van der Waals surface area (Å²) in [6.07, 6.45) is -3.92. The summed E-state index contributed by atoms with van der Waals surface area (Å²) in [5.41, 5.74) is 0.0786. The van der Waals surface area contributed by atoms with Gasteiger partial charge in [-0.25, -0.2) is 13.1 Å². The number of carbonyl (C=O) groups is 1. The highest BCUT2D eigenvalue weighted by molar-refractivity contribution is 7.89. The molecular weight excluding hydrogens is 475 g/mol. The summed E-state index contributed by atoms with van der Waals surface area (Å²) in [6.45, 7) is 2.63. The van der Waals surface area contributed by atoms with Gasteiger partial charge < -0.3 is 5.32 Å². The first kappa shape index (κ1) is 24.0. The second kappa shape index (κ2) is 9.86. The molecule has 31 heavy (non-hydrogen) atoms. The number of benzene rings is 1. The Morgan fingerprint density at radius 1 is 1.23 bits per heavy atom. The van der Waals surface area contributed by atoms with Crippen LogP contribution in [0.25, 0.3) is 0 Å². The van der Waals surface area contributed by atoms with Crippen LogP contribution in [0.15, 0.2) is 34.5 Å². The van der Waals surface area contributed by atoms with Crippen molar-refractivity contribution in [3.8, 4) is 0 Å². The molecule has 0 atom stereocenters. The first-order valence-electron chi connectivity index (χ1n) is 9.47. The molecular formula is C19H21ClF3N3O3S2. The average Bonchev–Trinajstić information content (AvgIpc) is 3.15. The lowest BCUT2D eigenvalue weighted by Crippen LogP contribution is -2.38. The van der Waals surface area contributed by atoms with E-state index in [0.29, 0.717) is 19.2 Å².